The zero-order valence-electron chi connectivity index (χ0n) is 18.6. The number of hydrogen-bond donors (Lipinski definition) is 0. The summed E-state index contributed by atoms with van der Waals surface area (Å²) in [5.74, 6) is 0.626. The zero-order chi connectivity index (χ0) is 20.5. The summed E-state index contributed by atoms with van der Waals surface area (Å²) >= 11 is 0. The van der Waals surface area contributed by atoms with Crippen LogP contribution < -0.4 is 0 Å². The predicted molar refractivity (Wildman–Crippen MR) is 107 cm³/mol. The Morgan fingerprint density at radius 2 is 1.12 bits per heavy atom. The lowest BCUT2D eigenvalue weighted by molar-refractivity contribution is -0.159. The Morgan fingerprint density at radius 3 is 1.50 bits per heavy atom. The van der Waals surface area contributed by atoms with Crippen molar-refractivity contribution < 1.29 is 19.1 Å². The summed E-state index contributed by atoms with van der Waals surface area (Å²) in [6.45, 7) is 19.4. The van der Waals surface area contributed by atoms with Crippen LogP contribution in [-0.2, 0) is 19.1 Å². The summed E-state index contributed by atoms with van der Waals surface area (Å²) in [5.41, 5.74) is -0.426. The van der Waals surface area contributed by atoms with E-state index in [-0.39, 0.29) is 24.3 Å². The van der Waals surface area contributed by atoms with E-state index in [4.69, 9.17) is 9.47 Å². The number of carbonyl (C=O) groups is 2. The molecule has 0 N–H and O–H groups in total. The van der Waals surface area contributed by atoms with E-state index in [0.29, 0.717) is 36.9 Å². The molecule has 0 aromatic carbocycles. The summed E-state index contributed by atoms with van der Waals surface area (Å²) < 4.78 is 11.0. The van der Waals surface area contributed by atoms with Crippen LogP contribution in [0.25, 0.3) is 0 Å². The molecule has 0 aliphatic heterocycles. The van der Waals surface area contributed by atoms with Crippen molar-refractivity contribution in [3.63, 3.8) is 0 Å². The lowest BCUT2D eigenvalue weighted by Crippen LogP contribution is -2.40. The number of hydrogen-bond acceptors (Lipinski definition) is 4. The van der Waals surface area contributed by atoms with Crippen LogP contribution in [0.3, 0.4) is 0 Å². The van der Waals surface area contributed by atoms with E-state index >= 15 is 0 Å². The van der Waals surface area contributed by atoms with Crippen molar-refractivity contribution in [1.29, 1.82) is 0 Å². The highest BCUT2D eigenvalue weighted by Crippen LogP contribution is 2.44. The Labute approximate surface area is 161 Å². The van der Waals surface area contributed by atoms with E-state index in [1.165, 1.54) is 0 Å². The van der Waals surface area contributed by atoms with Gasteiger partial charge in [0, 0.05) is 0 Å². The standard InChI is InChI=1S/C22H42O4/c1-15(2)10-22(11-16(3)4,12-20(23)25-13-17(5)6)19(9)21(24)26-14-18(7)8/h15-19H,10-14H2,1-9H3. The second-order valence-corrected chi connectivity index (χ2v) is 9.56. The van der Waals surface area contributed by atoms with E-state index in [1.807, 2.05) is 34.6 Å². The van der Waals surface area contributed by atoms with Gasteiger partial charge in [-0.1, -0.05) is 62.3 Å². The molecule has 0 aliphatic rings. The van der Waals surface area contributed by atoms with Gasteiger partial charge in [0.05, 0.1) is 25.6 Å². The molecule has 0 radical (unpaired) electrons. The molecule has 0 aliphatic carbocycles. The zero-order valence-corrected chi connectivity index (χ0v) is 18.6. The van der Waals surface area contributed by atoms with Crippen molar-refractivity contribution in [3.05, 3.63) is 0 Å². The third-order valence-corrected chi connectivity index (χ3v) is 4.53. The minimum absolute atomic E-state index is 0.198. The van der Waals surface area contributed by atoms with Gasteiger partial charge in [-0.2, -0.15) is 0 Å². The molecule has 4 nitrogen and oxygen atoms in total. The highest BCUT2D eigenvalue weighted by atomic mass is 16.5. The molecule has 0 aromatic rings. The predicted octanol–water partition coefficient (Wildman–Crippen LogP) is 5.49. The SMILES string of the molecule is CC(C)COC(=O)CC(CC(C)C)(CC(C)C)C(C)C(=O)OCC(C)C. The quantitative estimate of drug-likeness (QED) is 0.426. The molecule has 0 aromatic heterocycles. The monoisotopic (exact) mass is 370 g/mol. The van der Waals surface area contributed by atoms with Crippen molar-refractivity contribution in [3.8, 4) is 0 Å². The van der Waals surface area contributed by atoms with Gasteiger partial charge in [0.25, 0.3) is 0 Å². The van der Waals surface area contributed by atoms with Crippen LogP contribution in [0.15, 0.2) is 0 Å². The fourth-order valence-corrected chi connectivity index (χ4v) is 3.58. The second-order valence-electron chi connectivity index (χ2n) is 9.56. The summed E-state index contributed by atoms with van der Waals surface area (Å²) in [6, 6.07) is 0. The van der Waals surface area contributed by atoms with Crippen molar-refractivity contribution in [2.75, 3.05) is 13.2 Å². The second kappa shape index (κ2) is 11.6. The molecule has 0 bridgehead atoms. The molecule has 0 amide bonds. The van der Waals surface area contributed by atoms with Gasteiger partial charge < -0.3 is 9.47 Å². The molecule has 0 fully saturated rings. The van der Waals surface area contributed by atoms with Crippen LogP contribution in [0.2, 0.25) is 0 Å². The molecular formula is C22H42O4. The van der Waals surface area contributed by atoms with E-state index in [2.05, 4.69) is 27.7 Å². The number of rotatable bonds is 12. The van der Waals surface area contributed by atoms with Gasteiger partial charge in [0.2, 0.25) is 0 Å². The van der Waals surface area contributed by atoms with Crippen molar-refractivity contribution >= 4 is 11.9 Å². The third-order valence-electron chi connectivity index (χ3n) is 4.53. The van der Waals surface area contributed by atoms with Gasteiger partial charge in [0.1, 0.15) is 0 Å². The van der Waals surface area contributed by atoms with Crippen molar-refractivity contribution in [2.45, 2.75) is 81.6 Å². The van der Waals surface area contributed by atoms with Crippen LogP contribution in [0.5, 0.6) is 0 Å². The first-order valence-corrected chi connectivity index (χ1v) is 10.2. The first-order chi connectivity index (χ1) is 11.9. The first-order valence-electron chi connectivity index (χ1n) is 10.2. The van der Waals surface area contributed by atoms with E-state index in [9.17, 15) is 9.59 Å². The van der Waals surface area contributed by atoms with Crippen LogP contribution >= 0.6 is 0 Å². The maximum absolute atomic E-state index is 12.7. The molecule has 26 heavy (non-hydrogen) atoms. The fraction of sp³-hybridized carbons (Fsp3) is 0.909. The van der Waals surface area contributed by atoms with Crippen molar-refractivity contribution in [1.82, 2.24) is 0 Å². The number of carbonyl (C=O) groups excluding carboxylic acids is 2. The minimum Gasteiger partial charge on any atom is -0.465 e. The van der Waals surface area contributed by atoms with E-state index in [0.717, 1.165) is 12.8 Å². The topological polar surface area (TPSA) is 52.6 Å². The summed E-state index contributed by atoms with van der Waals surface area (Å²) in [7, 11) is 0. The summed E-state index contributed by atoms with van der Waals surface area (Å²) in [5, 5.41) is 0. The molecule has 0 saturated carbocycles. The van der Waals surface area contributed by atoms with E-state index < -0.39 is 5.41 Å². The minimum atomic E-state index is -0.426. The molecule has 0 rings (SSSR count). The van der Waals surface area contributed by atoms with Crippen LogP contribution in [0.4, 0.5) is 0 Å². The Morgan fingerprint density at radius 1 is 0.692 bits per heavy atom. The normalized spacial score (nSPS) is 13.6. The molecule has 1 atom stereocenters. The molecule has 4 heteroatoms. The molecular weight excluding hydrogens is 328 g/mol. The molecule has 0 spiro atoms. The molecule has 0 heterocycles. The average molecular weight is 371 g/mol. The van der Waals surface area contributed by atoms with E-state index in [1.54, 1.807) is 0 Å². The Kier molecular flexibility index (Phi) is 11.1. The highest BCUT2D eigenvalue weighted by molar-refractivity contribution is 5.76. The third kappa shape index (κ3) is 9.59. The molecule has 1 unspecified atom stereocenters. The largest absolute Gasteiger partial charge is 0.465 e. The maximum Gasteiger partial charge on any atom is 0.309 e. The van der Waals surface area contributed by atoms with Crippen LogP contribution in [0, 0.1) is 35.0 Å². The van der Waals surface area contributed by atoms with Crippen molar-refractivity contribution in [2.24, 2.45) is 35.0 Å². The summed E-state index contributed by atoms with van der Waals surface area (Å²) in [6.07, 6.45) is 1.88. The lowest BCUT2D eigenvalue weighted by Gasteiger charge is -2.40. The Balaban J connectivity index is 5.50. The van der Waals surface area contributed by atoms with Crippen LogP contribution in [-0.4, -0.2) is 25.2 Å². The fourth-order valence-electron chi connectivity index (χ4n) is 3.58. The first kappa shape index (κ1) is 24.9. The van der Waals surface area contributed by atoms with Gasteiger partial charge in [-0.15, -0.1) is 0 Å². The Hall–Kier alpha value is -1.06. The lowest BCUT2D eigenvalue weighted by atomic mass is 9.64. The molecule has 0 saturated heterocycles. The number of ether oxygens (including phenoxy) is 2. The highest BCUT2D eigenvalue weighted by Gasteiger charge is 2.44. The Bertz CT molecular complexity index is 414. The average Bonchev–Trinajstić information content (AvgIpc) is 2.48. The smallest absolute Gasteiger partial charge is 0.309 e. The number of esters is 2. The van der Waals surface area contributed by atoms with Gasteiger partial charge in [0.15, 0.2) is 0 Å². The maximum atomic E-state index is 12.7. The summed E-state index contributed by atoms with van der Waals surface area (Å²) in [4.78, 5) is 25.3. The van der Waals surface area contributed by atoms with Gasteiger partial charge in [-0.05, 0) is 41.9 Å². The van der Waals surface area contributed by atoms with Gasteiger partial charge in [-0.3, -0.25) is 9.59 Å². The molecule has 154 valence electrons. The van der Waals surface area contributed by atoms with Gasteiger partial charge in [-0.25, -0.2) is 0 Å². The van der Waals surface area contributed by atoms with Crippen LogP contribution in [0.1, 0.15) is 81.6 Å². The van der Waals surface area contributed by atoms with Gasteiger partial charge >= 0.3 is 11.9 Å².